The average Bonchev–Trinajstić information content (AvgIpc) is 2.40. The number of H-pyrrole nitrogens is 2. The van der Waals surface area contributed by atoms with Crippen LogP contribution in [0.3, 0.4) is 0 Å². The molecule has 21 heavy (non-hydrogen) atoms. The van der Waals surface area contributed by atoms with Crippen LogP contribution in [0.5, 0.6) is 5.75 Å². The Morgan fingerprint density at radius 3 is 2.52 bits per heavy atom. The quantitative estimate of drug-likeness (QED) is 0.757. The molecule has 3 N–H and O–H groups in total. The van der Waals surface area contributed by atoms with Crippen molar-refractivity contribution in [3.8, 4) is 5.75 Å². The van der Waals surface area contributed by atoms with Crippen LogP contribution >= 0.6 is 12.2 Å². The van der Waals surface area contributed by atoms with E-state index < -0.39 is 5.69 Å². The van der Waals surface area contributed by atoms with E-state index in [-0.39, 0.29) is 16.1 Å². The van der Waals surface area contributed by atoms with E-state index >= 15 is 0 Å². The number of amides is 1. The predicted octanol–water partition coefficient (Wildman–Crippen LogP) is 2.39. The Labute approximate surface area is 126 Å². The number of aromatic amines is 2. The second-order valence-corrected chi connectivity index (χ2v) is 4.73. The van der Waals surface area contributed by atoms with Gasteiger partial charge in [0, 0.05) is 11.4 Å². The van der Waals surface area contributed by atoms with Gasteiger partial charge in [-0.05, 0) is 38.1 Å². The van der Waals surface area contributed by atoms with Gasteiger partial charge in [-0.25, -0.2) is 4.79 Å². The van der Waals surface area contributed by atoms with Crippen molar-refractivity contribution >= 4 is 23.8 Å². The molecule has 0 bridgehead atoms. The van der Waals surface area contributed by atoms with Crippen molar-refractivity contribution in [3.05, 3.63) is 50.6 Å². The van der Waals surface area contributed by atoms with Crippen molar-refractivity contribution in [1.82, 2.24) is 9.97 Å². The van der Waals surface area contributed by atoms with Gasteiger partial charge in [-0.3, -0.25) is 9.78 Å². The van der Waals surface area contributed by atoms with Crippen LogP contribution in [-0.2, 0) is 0 Å². The van der Waals surface area contributed by atoms with Gasteiger partial charge in [0.15, 0.2) is 0 Å². The lowest BCUT2D eigenvalue weighted by Crippen LogP contribution is -2.21. The van der Waals surface area contributed by atoms with E-state index in [2.05, 4.69) is 15.3 Å². The smallest absolute Gasteiger partial charge is 0.324 e. The molecular formula is C14H15N3O3S. The number of aryl methyl sites for hydroxylation is 1. The molecule has 1 heterocycles. The Morgan fingerprint density at radius 2 is 1.95 bits per heavy atom. The van der Waals surface area contributed by atoms with Crippen LogP contribution in [0.25, 0.3) is 0 Å². The zero-order valence-corrected chi connectivity index (χ0v) is 12.5. The van der Waals surface area contributed by atoms with E-state index in [4.69, 9.17) is 17.0 Å². The number of rotatable bonds is 4. The van der Waals surface area contributed by atoms with E-state index in [0.29, 0.717) is 18.0 Å². The highest BCUT2D eigenvalue weighted by Gasteiger charge is 2.13. The highest BCUT2D eigenvalue weighted by molar-refractivity contribution is 7.71. The van der Waals surface area contributed by atoms with E-state index in [9.17, 15) is 9.59 Å². The molecule has 6 nitrogen and oxygen atoms in total. The summed E-state index contributed by atoms with van der Waals surface area (Å²) in [6.45, 7) is 4.10. The maximum atomic E-state index is 12.2. The molecule has 7 heteroatoms. The summed E-state index contributed by atoms with van der Waals surface area (Å²) in [5.41, 5.74) is 0.851. The Hall–Kier alpha value is -2.41. The van der Waals surface area contributed by atoms with Gasteiger partial charge in [0.25, 0.3) is 5.91 Å². The third-order valence-corrected chi connectivity index (χ3v) is 3.09. The van der Waals surface area contributed by atoms with Crippen molar-refractivity contribution in [1.29, 1.82) is 0 Å². The molecule has 2 aromatic rings. The first-order chi connectivity index (χ1) is 10.0. The molecule has 0 aliphatic rings. The fraction of sp³-hybridized carbons (Fsp3) is 0.214. The third-order valence-electron chi connectivity index (χ3n) is 2.78. The molecule has 1 amide bonds. The van der Waals surface area contributed by atoms with Crippen LogP contribution in [0, 0.1) is 11.6 Å². The monoisotopic (exact) mass is 305 g/mol. The van der Waals surface area contributed by atoms with Crippen LogP contribution in [0.4, 0.5) is 5.69 Å². The number of carbonyl (C=O) groups is 1. The van der Waals surface area contributed by atoms with Gasteiger partial charge in [0.1, 0.15) is 10.4 Å². The Kier molecular flexibility index (Phi) is 4.54. The molecule has 0 radical (unpaired) electrons. The van der Waals surface area contributed by atoms with E-state index in [1.807, 2.05) is 6.92 Å². The molecule has 0 aliphatic carbocycles. The lowest BCUT2D eigenvalue weighted by atomic mass is 10.2. The molecule has 0 saturated heterocycles. The lowest BCUT2D eigenvalue weighted by molar-refractivity contribution is 0.102. The van der Waals surface area contributed by atoms with Gasteiger partial charge in [-0.2, -0.15) is 0 Å². The number of anilines is 1. The highest BCUT2D eigenvalue weighted by Crippen LogP contribution is 2.16. The van der Waals surface area contributed by atoms with Crippen LogP contribution in [0.1, 0.15) is 23.0 Å². The summed E-state index contributed by atoms with van der Waals surface area (Å²) in [6.07, 6.45) is 0. The van der Waals surface area contributed by atoms with Gasteiger partial charge >= 0.3 is 5.69 Å². The molecule has 2 rings (SSSR count). The van der Waals surface area contributed by atoms with Gasteiger partial charge in [0.2, 0.25) is 0 Å². The topological polar surface area (TPSA) is 87.0 Å². The number of hydrogen-bond donors (Lipinski definition) is 3. The summed E-state index contributed by atoms with van der Waals surface area (Å²) in [6, 6.07) is 6.99. The van der Waals surface area contributed by atoms with Crippen molar-refractivity contribution in [3.63, 3.8) is 0 Å². The maximum absolute atomic E-state index is 12.2. The number of benzene rings is 1. The van der Waals surface area contributed by atoms with Crippen LogP contribution < -0.4 is 15.7 Å². The van der Waals surface area contributed by atoms with Crippen LogP contribution in [-0.4, -0.2) is 22.5 Å². The summed E-state index contributed by atoms with van der Waals surface area (Å²) in [4.78, 5) is 28.4. The minimum absolute atomic E-state index is 0.111. The SMILES string of the molecule is CCOc1ccc(NC(=O)c2c(C)[nH]c(=O)[nH]c2=S)cc1. The normalized spacial score (nSPS) is 10.2. The first-order valence-corrected chi connectivity index (χ1v) is 6.79. The van der Waals surface area contributed by atoms with Crippen molar-refractivity contribution in [2.45, 2.75) is 13.8 Å². The van der Waals surface area contributed by atoms with E-state index in [1.165, 1.54) is 0 Å². The Morgan fingerprint density at radius 1 is 1.29 bits per heavy atom. The summed E-state index contributed by atoms with van der Waals surface area (Å²) in [5, 5.41) is 2.73. The molecule has 0 fully saturated rings. The first-order valence-electron chi connectivity index (χ1n) is 6.38. The molecule has 110 valence electrons. The van der Waals surface area contributed by atoms with Gasteiger partial charge in [0.05, 0.1) is 12.2 Å². The van der Waals surface area contributed by atoms with Crippen molar-refractivity contribution < 1.29 is 9.53 Å². The zero-order chi connectivity index (χ0) is 15.4. The third kappa shape index (κ3) is 3.57. The van der Waals surface area contributed by atoms with Crippen molar-refractivity contribution in [2.24, 2.45) is 0 Å². The standard InChI is InChI=1S/C14H15N3O3S/c1-3-20-10-6-4-9(5-7-10)16-12(18)11-8(2)15-14(19)17-13(11)21/h4-7H,3H2,1-2H3,(H,16,18)(H2,15,17,19,21). The van der Waals surface area contributed by atoms with E-state index in [0.717, 1.165) is 5.75 Å². The summed E-state index contributed by atoms with van der Waals surface area (Å²) in [5.74, 6) is 0.349. The Balaban J connectivity index is 2.22. The fourth-order valence-corrected chi connectivity index (χ4v) is 2.21. The van der Waals surface area contributed by atoms with Gasteiger partial charge in [-0.15, -0.1) is 0 Å². The molecule has 0 spiro atoms. The number of ether oxygens (including phenoxy) is 1. The fourth-order valence-electron chi connectivity index (χ4n) is 1.87. The van der Waals surface area contributed by atoms with Crippen LogP contribution in [0.15, 0.2) is 29.1 Å². The minimum Gasteiger partial charge on any atom is -0.494 e. The largest absolute Gasteiger partial charge is 0.494 e. The zero-order valence-electron chi connectivity index (χ0n) is 11.6. The highest BCUT2D eigenvalue weighted by atomic mass is 32.1. The second kappa shape index (κ2) is 6.36. The molecule has 0 atom stereocenters. The number of hydrogen-bond acceptors (Lipinski definition) is 4. The molecule has 1 aromatic heterocycles. The summed E-state index contributed by atoms with van der Waals surface area (Å²) < 4.78 is 5.44. The maximum Gasteiger partial charge on any atom is 0.324 e. The van der Waals surface area contributed by atoms with Gasteiger partial charge in [-0.1, -0.05) is 12.2 Å². The van der Waals surface area contributed by atoms with E-state index in [1.54, 1.807) is 31.2 Å². The number of carbonyl (C=O) groups excluding carboxylic acids is 1. The minimum atomic E-state index is -0.435. The predicted molar refractivity (Wildman–Crippen MR) is 82.5 cm³/mol. The number of nitrogens with one attached hydrogen (secondary N) is 3. The van der Waals surface area contributed by atoms with Gasteiger partial charge < -0.3 is 15.0 Å². The summed E-state index contributed by atoms with van der Waals surface area (Å²) >= 11 is 5.02. The molecular weight excluding hydrogens is 290 g/mol. The second-order valence-electron chi connectivity index (χ2n) is 4.32. The molecule has 1 aromatic carbocycles. The molecule has 0 unspecified atom stereocenters. The lowest BCUT2D eigenvalue weighted by Gasteiger charge is -2.08. The van der Waals surface area contributed by atoms with Crippen LogP contribution in [0.2, 0.25) is 0 Å². The Bertz CT molecular complexity index is 762. The number of aromatic nitrogens is 2. The van der Waals surface area contributed by atoms with Crippen molar-refractivity contribution in [2.75, 3.05) is 11.9 Å². The first kappa shape index (κ1) is 15.0. The molecule has 0 saturated carbocycles. The average molecular weight is 305 g/mol. The molecule has 0 aliphatic heterocycles. The summed E-state index contributed by atoms with van der Waals surface area (Å²) in [7, 11) is 0.